The molecule has 0 fully saturated rings. The molecular weight excluding hydrogens is 386 g/mol. The number of nitro groups is 1. The van der Waals surface area contributed by atoms with E-state index in [9.17, 15) is 19.7 Å². The molecule has 0 aromatic heterocycles. The summed E-state index contributed by atoms with van der Waals surface area (Å²) in [5, 5.41) is 14.7. The summed E-state index contributed by atoms with van der Waals surface area (Å²) >= 11 is 0. The van der Waals surface area contributed by atoms with Crippen LogP contribution in [0.5, 0.6) is 5.75 Å². The van der Waals surface area contributed by atoms with Crippen molar-refractivity contribution in [3.05, 3.63) is 105 Å². The number of amides is 1. The molecule has 0 spiro atoms. The van der Waals surface area contributed by atoms with E-state index in [0.29, 0.717) is 11.1 Å². The molecule has 0 unspecified atom stereocenters. The number of nitro benzene ring substituents is 1. The number of hydrogen-bond acceptors (Lipinski definition) is 6. The fraction of sp³-hybridized carbons (Fsp3) is 0.0455. The van der Waals surface area contributed by atoms with E-state index >= 15 is 0 Å². The Morgan fingerprint density at radius 1 is 1.03 bits per heavy atom. The van der Waals surface area contributed by atoms with Crippen LogP contribution >= 0.6 is 0 Å². The van der Waals surface area contributed by atoms with Crippen LogP contribution in [0.2, 0.25) is 0 Å². The molecule has 1 amide bonds. The van der Waals surface area contributed by atoms with Crippen LogP contribution in [0.1, 0.15) is 31.8 Å². The average molecular weight is 403 g/mol. The van der Waals surface area contributed by atoms with Crippen molar-refractivity contribution in [2.45, 2.75) is 6.92 Å². The number of benzene rings is 3. The number of esters is 1. The molecule has 150 valence electrons. The van der Waals surface area contributed by atoms with Crippen molar-refractivity contribution in [2.24, 2.45) is 5.10 Å². The second-order valence-corrected chi connectivity index (χ2v) is 6.28. The van der Waals surface area contributed by atoms with E-state index in [1.54, 1.807) is 36.4 Å². The van der Waals surface area contributed by atoms with Gasteiger partial charge in [0, 0.05) is 17.7 Å². The number of ether oxygens (including phenoxy) is 1. The van der Waals surface area contributed by atoms with E-state index in [1.807, 2.05) is 19.1 Å². The van der Waals surface area contributed by atoms with E-state index in [4.69, 9.17) is 4.74 Å². The Balaban J connectivity index is 1.59. The van der Waals surface area contributed by atoms with Crippen molar-refractivity contribution in [2.75, 3.05) is 0 Å². The zero-order valence-electron chi connectivity index (χ0n) is 15.9. The first-order valence-corrected chi connectivity index (χ1v) is 8.90. The summed E-state index contributed by atoms with van der Waals surface area (Å²) in [7, 11) is 0. The first-order chi connectivity index (χ1) is 14.4. The standard InChI is InChI=1S/C22H17N3O5/c1-15-5-2-3-8-20(15)21(26)24-23-14-16-9-11-19(12-10-16)30-22(27)17-6-4-7-18(13-17)25(28)29/h2-14H,1H3,(H,24,26)/b23-14+. The van der Waals surface area contributed by atoms with Gasteiger partial charge < -0.3 is 4.74 Å². The number of hydrazone groups is 1. The van der Waals surface area contributed by atoms with Gasteiger partial charge in [-0.2, -0.15) is 5.10 Å². The van der Waals surface area contributed by atoms with E-state index < -0.39 is 10.9 Å². The first kappa shape index (κ1) is 20.4. The lowest BCUT2D eigenvalue weighted by Crippen LogP contribution is -2.18. The summed E-state index contributed by atoms with van der Waals surface area (Å²) in [6.07, 6.45) is 1.46. The predicted molar refractivity (Wildman–Crippen MR) is 111 cm³/mol. The summed E-state index contributed by atoms with van der Waals surface area (Å²) in [5.41, 5.74) is 4.41. The molecule has 0 heterocycles. The maximum atomic E-state index is 12.2. The molecule has 1 N–H and O–H groups in total. The fourth-order valence-corrected chi connectivity index (χ4v) is 2.59. The zero-order chi connectivity index (χ0) is 21.5. The Morgan fingerprint density at radius 3 is 2.47 bits per heavy atom. The molecule has 0 aliphatic carbocycles. The third-order valence-corrected chi connectivity index (χ3v) is 4.15. The van der Waals surface area contributed by atoms with Crippen LogP contribution in [-0.2, 0) is 0 Å². The maximum absolute atomic E-state index is 12.2. The minimum absolute atomic E-state index is 0.0776. The third kappa shape index (κ3) is 5.14. The average Bonchev–Trinajstić information content (AvgIpc) is 2.75. The predicted octanol–water partition coefficient (Wildman–Crippen LogP) is 3.89. The molecule has 0 aliphatic heterocycles. The Hall–Kier alpha value is -4.33. The second kappa shape index (κ2) is 9.24. The van der Waals surface area contributed by atoms with Gasteiger partial charge >= 0.3 is 5.97 Å². The number of nitrogens with zero attached hydrogens (tertiary/aromatic N) is 2. The Kier molecular flexibility index (Phi) is 6.29. The Morgan fingerprint density at radius 2 is 1.77 bits per heavy atom. The highest BCUT2D eigenvalue weighted by Crippen LogP contribution is 2.17. The molecule has 0 bridgehead atoms. The summed E-state index contributed by atoms with van der Waals surface area (Å²) in [5.74, 6) is -0.745. The quantitative estimate of drug-likeness (QED) is 0.221. The summed E-state index contributed by atoms with van der Waals surface area (Å²) in [6, 6.07) is 18.9. The van der Waals surface area contributed by atoms with Crippen molar-refractivity contribution in [1.29, 1.82) is 0 Å². The molecular formula is C22H17N3O5. The van der Waals surface area contributed by atoms with Gasteiger partial charge in [-0.15, -0.1) is 0 Å². The van der Waals surface area contributed by atoms with Gasteiger partial charge in [0.1, 0.15) is 5.75 Å². The first-order valence-electron chi connectivity index (χ1n) is 8.90. The van der Waals surface area contributed by atoms with Gasteiger partial charge in [0.2, 0.25) is 0 Å². The van der Waals surface area contributed by atoms with Crippen LogP contribution in [0.25, 0.3) is 0 Å². The van der Waals surface area contributed by atoms with Gasteiger partial charge in [0.15, 0.2) is 0 Å². The van der Waals surface area contributed by atoms with Crippen LogP contribution in [0.4, 0.5) is 5.69 Å². The summed E-state index contributed by atoms with van der Waals surface area (Å²) < 4.78 is 5.23. The molecule has 0 atom stereocenters. The summed E-state index contributed by atoms with van der Waals surface area (Å²) in [6.45, 7) is 1.84. The van der Waals surface area contributed by atoms with Crippen LogP contribution in [-0.4, -0.2) is 23.0 Å². The van der Waals surface area contributed by atoms with Crippen molar-refractivity contribution in [1.82, 2.24) is 5.43 Å². The number of hydrogen-bond donors (Lipinski definition) is 1. The molecule has 30 heavy (non-hydrogen) atoms. The molecule has 3 aromatic rings. The van der Waals surface area contributed by atoms with Gasteiger partial charge in [0.25, 0.3) is 11.6 Å². The number of non-ortho nitro benzene ring substituents is 1. The lowest BCUT2D eigenvalue weighted by atomic mass is 10.1. The number of carbonyl (C=O) groups is 2. The zero-order valence-corrected chi connectivity index (χ0v) is 15.9. The minimum Gasteiger partial charge on any atom is -0.423 e. The number of carbonyl (C=O) groups excluding carboxylic acids is 2. The molecule has 0 saturated carbocycles. The van der Waals surface area contributed by atoms with Gasteiger partial charge in [-0.1, -0.05) is 24.3 Å². The molecule has 8 nitrogen and oxygen atoms in total. The van der Waals surface area contributed by atoms with Crippen molar-refractivity contribution >= 4 is 23.8 Å². The lowest BCUT2D eigenvalue weighted by Gasteiger charge is -2.05. The van der Waals surface area contributed by atoms with Gasteiger partial charge in [-0.05, 0) is 54.4 Å². The highest BCUT2D eigenvalue weighted by atomic mass is 16.6. The third-order valence-electron chi connectivity index (χ3n) is 4.15. The van der Waals surface area contributed by atoms with Crippen molar-refractivity contribution in [3.63, 3.8) is 0 Å². The van der Waals surface area contributed by atoms with Gasteiger partial charge in [0.05, 0.1) is 16.7 Å². The normalized spacial score (nSPS) is 10.6. The van der Waals surface area contributed by atoms with Gasteiger partial charge in [-0.3, -0.25) is 14.9 Å². The smallest absolute Gasteiger partial charge is 0.343 e. The number of aryl methyl sites for hydroxylation is 1. The van der Waals surface area contributed by atoms with E-state index in [2.05, 4.69) is 10.5 Å². The highest BCUT2D eigenvalue weighted by molar-refractivity contribution is 5.96. The topological polar surface area (TPSA) is 111 Å². The highest BCUT2D eigenvalue weighted by Gasteiger charge is 2.13. The lowest BCUT2D eigenvalue weighted by molar-refractivity contribution is -0.384. The molecule has 0 saturated heterocycles. The van der Waals surface area contributed by atoms with E-state index in [1.165, 1.54) is 24.4 Å². The van der Waals surface area contributed by atoms with Crippen LogP contribution in [0, 0.1) is 17.0 Å². The molecule has 0 aliphatic rings. The monoisotopic (exact) mass is 403 g/mol. The Bertz CT molecular complexity index is 1120. The second-order valence-electron chi connectivity index (χ2n) is 6.28. The SMILES string of the molecule is Cc1ccccc1C(=O)N/N=C/c1ccc(OC(=O)c2cccc([N+](=O)[O-])c2)cc1. The maximum Gasteiger partial charge on any atom is 0.343 e. The summed E-state index contributed by atoms with van der Waals surface area (Å²) in [4.78, 5) is 34.5. The largest absolute Gasteiger partial charge is 0.423 e. The van der Waals surface area contributed by atoms with Crippen LogP contribution in [0.15, 0.2) is 77.9 Å². The molecule has 8 heteroatoms. The number of nitrogens with one attached hydrogen (secondary N) is 1. The molecule has 0 radical (unpaired) electrons. The minimum atomic E-state index is -0.703. The molecule has 3 aromatic carbocycles. The fourth-order valence-electron chi connectivity index (χ4n) is 2.59. The van der Waals surface area contributed by atoms with E-state index in [0.717, 1.165) is 11.6 Å². The van der Waals surface area contributed by atoms with Crippen molar-refractivity contribution in [3.8, 4) is 5.75 Å². The number of rotatable bonds is 6. The van der Waals surface area contributed by atoms with Gasteiger partial charge in [-0.25, -0.2) is 10.2 Å². The molecule has 3 rings (SSSR count). The Labute approximate surface area is 172 Å². The van der Waals surface area contributed by atoms with E-state index in [-0.39, 0.29) is 22.9 Å². The van der Waals surface area contributed by atoms with Crippen LogP contribution in [0.3, 0.4) is 0 Å². The van der Waals surface area contributed by atoms with Crippen LogP contribution < -0.4 is 10.2 Å². The van der Waals surface area contributed by atoms with Crippen molar-refractivity contribution < 1.29 is 19.2 Å².